The predicted octanol–water partition coefficient (Wildman–Crippen LogP) is 4.34. The molecule has 1 N–H and O–H groups in total. The van der Waals surface area contributed by atoms with Gasteiger partial charge in [-0.05, 0) is 29.8 Å². The van der Waals surface area contributed by atoms with E-state index in [1.165, 1.54) is 0 Å². The molecule has 0 saturated carbocycles. The second kappa shape index (κ2) is 7.01. The largest absolute Gasteiger partial charge is 0.506 e. The van der Waals surface area contributed by atoms with Crippen LogP contribution in [0.4, 0.5) is 18.3 Å². The standard InChI is InChI=1S/C19H18F3N3OS/c20-19(21,22)14-6-4-13(5-7-14)12-24-8-10-25(11-9-24)18-23-17-15(26)2-1-3-16(17)27-18/h1-7,26H,8-12H2. The van der Waals surface area contributed by atoms with Crippen molar-refractivity contribution in [2.75, 3.05) is 31.1 Å². The Morgan fingerprint density at radius 1 is 1.00 bits per heavy atom. The zero-order valence-electron chi connectivity index (χ0n) is 14.4. The minimum absolute atomic E-state index is 0.191. The fourth-order valence-corrected chi connectivity index (χ4v) is 4.25. The average molecular weight is 393 g/mol. The van der Waals surface area contributed by atoms with Gasteiger partial charge in [-0.3, -0.25) is 4.90 Å². The summed E-state index contributed by atoms with van der Waals surface area (Å²) >= 11 is 1.56. The van der Waals surface area contributed by atoms with Crippen molar-refractivity contribution in [2.24, 2.45) is 0 Å². The molecule has 1 saturated heterocycles. The molecule has 8 heteroatoms. The fraction of sp³-hybridized carbons (Fsp3) is 0.316. The lowest BCUT2D eigenvalue weighted by Gasteiger charge is -2.34. The van der Waals surface area contributed by atoms with Crippen LogP contribution in [0.2, 0.25) is 0 Å². The molecule has 0 bridgehead atoms. The molecule has 3 aromatic rings. The van der Waals surface area contributed by atoms with E-state index in [0.717, 1.165) is 53.7 Å². The number of phenols is 1. The number of piperazine rings is 1. The molecule has 2 heterocycles. The third-order valence-electron chi connectivity index (χ3n) is 4.72. The van der Waals surface area contributed by atoms with Gasteiger partial charge in [-0.25, -0.2) is 4.98 Å². The van der Waals surface area contributed by atoms with E-state index in [-0.39, 0.29) is 5.75 Å². The summed E-state index contributed by atoms with van der Waals surface area (Å²) in [5.41, 5.74) is 0.890. The van der Waals surface area contributed by atoms with E-state index in [4.69, 9.17) is 0 Å². The monoisotopic (exact) mass is 393 g/mol. The van der Waals surface area contributed by atoms with Crippen LogP contribution in [0.25, 0.3) is 10.2 Å². The average Bonchev–Trinajstić information content (AvgIpc) is 3.08. The second-order valence-corrected chi connectivity index (χ2v) is 7.59. The number of alkyl halides is 3. The summed E-state index contributed by atoms with van der Waals surface area (Å²) in [4.78, 5) is 8.96. The van der Waals surface area contributed by atoms with Gasteiger partial charge < -0.3 is 10.0 Å². The van der Waals surface area contributed by atoms with Crippen LogP contribution >= 0.6 is 11.3 Å². The maximum absolute atomic E-state index is 12.6. The molecule has 1 aliphatic heterocycles. The zero-order chi connectivity index (χ0) is 19.0. The maximum atomic E-state index is 12.6. The van der Waals surface area contributed by atoms with E-state index in [9.17, 15) is 18.3 Å². The van der Waals surface area contributed by atoms with Gasteiger partial charge >= 0.3 is 6.18 Å². The van der Waals surface area contributed by atoms with Crippen molar-refractivity contribution in [1.29, 1.82) is 0 Å². The Balaban J connectivity index is 1.38. The molecular weight excluding hydrogens is 375 g/mol. The number of halogens is 3. The third kappa shape index (κ3) is 3.86. The SMILES string of the molecule is Oc1cccc2sc(N3CCN(Cc4ccc(C(F)(F)F)cc4)CC3)nc12. The highest BCUT2D eigenvalue weighted by atomic mass is 32.1. The summed E-state index contributed by atoms with van der Waals surface area (Å²) < 4.78 is 38.9. The lowest BCUT2D eigenvalue weighted by atomic mass is 10.1. The second-order valence-electron chi connectivity index (χ2n) is 6.58. The van der Waals surface area contributed by atoms with Gasteiger partial charge in [-0.15, -0.1) is 0 Å². The molecule has 0 atom stereocenters. The number of anilines is 1. The van der Waals surface area contributed by atoms with Crippen LogP contribution in [0.3, 0.4) is 0 Å². The minimum atomic E-state index is -4.30. The molecule has 0 amide bonds. The van der Waals surface area contributed by atoms with Gasteiger partial charge in [0.25, 0.3) is 0 Å². The van der Waals surface area contributed by atoms with Gasteiger partial charge in [0.15, 0.2) is 5.13 Å². The first-order chi connectivity index (χ1) is 12.9. The third-order valence-corrected chi connectivity index (χ3v) is 5.80. The Kier molecular flexibility index (Phi) is 4.69. The van der Waals surface area contributed by atoms with Gasteiger partial charge in [0, 0.05) is 32.7 Å². The fourth-order valence-electron chi connectivity index (χ4n) is 3.21. The van der Waals surface area contributed by atoms with E-state index in [2.05, 4.69) is 14.8 Å². The summed E-state index contributed by atoms with van der Waals surface area (Å²) in [7, 11) is 0. The van der Waals surface area contributed by atoms with Gasteiger partial charge in [0.1, 0.15) is 11.3 Å². The predicted molar refractivity (Wildman–Crippen MR) is 100 cm³/mol. The van der Waals surface area contributed by atoms with E-state index in [1.807, 2.05) is 12.1 Å². The number of para-hydroxylation sites is 1. The summed E-state index contributed by atoms with van der Waals surface area (Å²) in [6, 6.07) is 10.8. The van der Waals surface area contributed by atoms with Crippen molar-refractivity contribution >= 4 is 26.7 Å². The molecule has 0 spiro atoms. The number of aromatic hydroxyl groups is 1. The van der Waals surface area contributed by atoms with Crippen LogP contribution in [0.1, 0.15) is 11.1 Å². The van der Waals surface area contributed by atoms with Crippen molar-refractivity contribution in [3.63, 3.8) is 0 Å². The van der Waals surface area contributed by atoms with E-state index < -0.39 is 11.7 Å². The quantitative estimate of drug-likeness (QED) is 0.719. The molecule has 142 valence electrons. The van der Waals surface area contributed by atoms with Crippen molar-refractivity contribution < 1.29 is 18.3 Å². The number of phenolic OH excluding ortho intramolecular Hbond substituents is 1. The highest BCUT2D eigenvalue weighted by Gasteiger charge is 2.30. The lowest BCUT2D eigenvalue weighted by Crippen LogP contribution is -2.45. The topological polar surface area (TPSA) is 39.6 Å². The molecule has 0 radical (unpaired) electrons. The lowest BCUT2D eigenvalue weighted by molar-refractivity contribution is -0.137. The molecule has 4 nitrogen and oxygen atoms in total. The Morgan fingerprint density at radius 3 is 2.33 bits per heavy atom. The number of hydrogen-bond acceptors (Lipinski definition) is 5. The van der Waals surface area contributed by atoms with Crippen molar-refractivity contribution in [3.8, 4) is 5.75 Å². The van der Waals surface area contributed by atoms with Gasteiger partial charge in [0.2, 0.25) is 0 Å². The number of benzene rings is 2. The molecule has 0 aliphatic carbocycles. The Morgan fingerprint density at radius 2 is 1.70 bits per heavy atom. The molecule has 1 fully saturated rings. The van der Waals surface area contributed by atoms with Gasteiger partial charge in [-0.1, -0.05) is 29.5 Å². The van der Waals surface area contributed by atoms with Crippen LogP contribution in [0.5, 0.6) is 5.75 Å². The summed E-state index contributed by atoms with van der Waals surface area (Å²) in [6.07, 6.45) is -4.30. The minimum Gasteiger partial charge on any atom is -0.506 e. The van der Waals surface area contributed by atoms with Crippen LogP contribution in [-0.4, -0.2) is 41.2 Å². The Labute approximate surface area is 158 Å². The molecule has 1 aromatic heterocycles. The molecule has 27 heavy (non-hydrogen) atoms. The molecule has 2 aromatic carbocycles. The number of hydrogen-bond donors (Lipinski definition) is 1. The smallest absolute Gasteiger partial charge is 0.416 e. The summed E-state index contributed by atoms with van der Waals surface area (Å²) in [5.74, 6) is 0.191. The summed E-state index contributed by atoms with van der Waals surface area (Å²) in [5, 5.41) is 10.8. The first kappa shape index (κ1) is 18.1. The maximum Gasteiger partial charge on any atom is 0.416 e. The van der Waals surface area contributed by atoms with Crippen molar-refractivity contribution in [2.45, 2.75) is 12.7 Å². The summed E-state index contributed by atoms with van der Waals surface area (Å²) in [6.45, 7) is 3.83. The zero-order valence-corrected chi connectivity index (χ0v) is 15.2. The van der Waals surface area contributed by atoms with Crippen LogP contribution in [0.15, 0.2) is 42.5 Å². The molecule has 1 aliphatic rings. The van der Waals surface area contributed by atoms with Gasteiger partial charge in [-0.2, -0.15) is 13.2 Å². The molecule has 0 unspecified atom stereocenters. The van der Waals surface area contributed by atoms with E-state index in [0.29, 0.717) is 12.1 Å². The number of aromatic nitrogens is 1. The normalized spacial score (nSPS) is 16.2. The molecule has 4 rings (SSSR count). The number of thiazole rings is 1. The van der Waals surface area contributed by atoms with Crippen LogP contribution < -0.4 is 4.90 Å². The highest BCUT2D eigenvalue weighted by molar-refractivity contribution is 7.22. The van der Waals surface area contributed by atoms with Crippen molar-refractivity contribution in [3.05, 3.63) is 53.6 Å². The van der Waals surface area contributed by atoms with E-state index >= 15 is 0 Å². The van der Waals surface area contributed by atoms with Crippen molar-refractivity contribution in [1.82, 2.24) is 9.88 Å². The van der Waals surface area contributed by atoms with Gasteiger partial charge in [0.05, 0.1) is 10.3 Å². The first-order valence-corrected chi connectivity index (χ1v) is 9.44. The number of rotatable bonds is 3. The highest BCUT2D eigenvalue weighted by Crippen LogP contribution is 2.34. The van der Waals surface area contributed by atoms with E-state index in [1.54, 1.807) is 29.5 Å². The molecular formula is C19H18F3N3OS. The Hall–Kier alpha value is -2.32. The number of fused-ring (bicyclic) bond motifs is 1. The van der Waals surface area contributed by atoms with Crippen LogP contribution in [0, 0.1) is 0 Å². The first-order valence-electron chi connectivity index (χ1n) is 8.62. The number of nitrogens with zero attached hydrogens (tertiary/aromatic N) is 3. The van der Waals surface area contributed by atoms with Crippen LogP contribution in [-0.2, 0) is 12.7 Å². The Bertz CT molecular complexity index is 932.